The van der Waals surface area contributed by atoms with Crippen molar-refractivity contribution in [2.24, 2.45) is 0 Å². The van der Waals surface area contributed by atoms with Gasteiger partial charge in [0.2, 0.25) is 5.91 Å². The second-order valence-corrected chi connectivity index (χ2v) is 4.28. The minimum atomic E-state index is -1.09. The van der Waals surface area contributed by atoms with Crippen LogP contribution in [0.15, 0.2) is 30.3 Å². The average Bonchev–Trinajstić information content (AvgIpc) is 2.45. The van der Waals surface area contributed by atoms with Crippen molar-refractivity contribution in [2.75, 3.05) is 6.73 Å². The van der Waals surface area contributed by atoms with E-state index in [0.717, 1.165) is 10.5 Å². The van der Waals surface area contributed by atoms with E-state index in [0.29, 0.717) is 0 Å². The van der Waals surface area contributed by atoms with Gasteiger partial charge in [0, 0.05) is 0 Å². The smallest absolute Gasteiger partial charge is 0.329 e. The number of aliphatic hydroxyl groups is 1. The fourth-order valence-corrected chi connectivity index (χ4v) is 1.87. The molecule has 1 unspecified atom stereocenters. The zero-order chi connectivity index (χ0) is 14.5. The van der Waals surface area contributed by atoms with Gasteiger partial charge in [0.15, 0.2) is 0 Å². The molecule has 106 valence electrons. The largest absolute Gasteiger partial charge is 0.459 e. The molecule has 1 atom stereocenters. The van der Waals surface area contributed by atoms with Crippen LogP contribution in [0.1, 0.15) is 12.0 Å². The summed E-state index contributed by atoms with van der Waals surface area (Å²) >= 11 is 0. The number of hydrogen-bond donors (Lipinski definition) is 2. The molecule has 1 aliphatic rings. The molecule has 1 aromatic rings. The number of carbonyl (C=O) groups is 3. The molecule has 2 N–H and O–H groups in total. The molecule has 1 saturated heterocycles. The molecule has 20 heavy (non-hydrogen) atoms. The third-order valence-corrected chi connectivity index (χ3v) is 2.91. The maximum absolute atomic E-state index is 11.9. The van der Waals surface area contributed by atoms with Gasteiger partial charge in [-0.25, -0.2) is 9.59 Å². The van der Waals surface area contributed by atoms with Crippen molar-refractivity contribution >= 4 is 17.9 Å². The van der Waals surface area contributed by atoms with E-state index in [1.165, 1.54) is 0 Å². The van der Waals surface area contributed by atoms with Crippen LogP contribution >= 0.6 is 0 Å². The molecule has 1 aromatic carbocycles. The molecule has 7 heteroatoms. The number of benzene rings is 1. The number of hydrogen-bond acceptors (Lipinski definition) is 5. The summed E-state index contributed by atoms with van der Waals surface area (Å²) in [4.78, 5) is 35.5. The normalized spacial score (nSPS) is 18.6. The highest BCUT2D eigenvalue weighted by molar-refractivity contribution is 6.01. The molecule has 0 bridgehead atoms. The molecular weight excluding hydrogens is 264 g/mol. The highest BCUT2D eigenvalue weighted by Gasteiger charge is 2.37. The van der Waals surface area contributed by atoms with Gasteiger partial charge in [0.25, 0.3) is 0 Å². The summed E-state index contributed by atoms with van der Waals surface area (Å²) in [6.45, 7) is -0.616. The van der Waals surface area contributed by atoms with Crippen LogP contribution in [0, 0.1) is 0 Å². The first-order valence-corrected chi connectivity index (χ1v) is 6.03. The van der Waals surface area contributed by atoms with E-state index in [9.17, 15) is 14.4 Å². The Labute approximate surface area is 115 Å². The Kier molecular flexibility index (Phi) is 4.31. The average molecular weight is 278 g/mol. The number of ether oxygens (including phenoxy) is 1. The van der Waals surface area contributed by atoms with Gasteiger partial charge in [0.05, 0.1) is 6.42 Å². The molecule has 0 saturated carbocycles. The quantitative estimate of drug-likeness (QED) is 0.755. The van der Waals surface area contributed by atoms with Crippen molar-refractivity contribution in [3.05, 3.63) is 35.9 Å². The number of urea groups is 1. The second kappa shape index (κ2) is 6.16. The molecule has 0 aliphatic carbocycles. The number of aliphatic hydroxyl groups excluding tert-OH is 1. The molecule has 1 heterocycles. The highest BCUT2D eigenvalue weighted by atomic mass is 16.5. The van der Waals surface area contributed by atoms with Crippen LogP contribution in [-0.4, -0.2) is 40.7 Å². The van der Waals surface area contributed by atoms with Crippen molar-refractivity contribution in [2.45, 2.75) is 19.1 Å². The van der Waals surface area contributed by atoms with Crippen molar-refractivity contribution in [1.29, 1.82) is 0 Å². The first kappa shape index (κ1) is 14.0. The summed E-state index contributed by atoms with van der Waals surface area (Å²) in [5.41, 5.74) is 0.794. The Hall–Kier alpha value is -2.41. The number of nitrogens with one attached hydrogen (secondary N) is 1. The summed E-state index contributed by atoms with van der Waals surface area (Å²) in [6.07, 6.45) is -0.222. The van der Waals surface area contributed by atoms with Crippen LogP contribution in [-0.2, 0) is 20.9 Å². The van der Waals surface area contributed by atoms with Gasteiger partial charge >= 0.3 is 12.0 Å². The van der Waals surface area contributed by atoms with Crippen LogP contribution in [0.2, 0.25) is 0 Å². The fourth-order valence-electron chi connectivity index (χ4n) is 1.87. The highest BCUT2D eigenvalue weighted by Crippen LogP contribution is 2.13. The maximum atomic E-state index is 11.9. The lowest BCUT2D eigenvalue weighted by Crippen LogP contribution is -2.58. The molecule has 0 spiro atoms. The van der Waals surface area contributed by atoms with Crippen molar-refractivity contribution < 1.29 is 24.2 Å². The number of amides is 3. The lowest BCUT2D eigenvalue weighted by atomic mass is 10.1. The van der Waals surface area contributed by atoms with Gasteiger partial charge in [-0.1, -0.05) is 30.3 Å². The third-order valence-electron chi connectivity index (χ3n) is 2.91. The summed E-state index contributed by atoms with van der Waals surface area (Å²) in [7, 11) is 0. The Morgan fingerprint density at radius 2 is 2.05 bits per heavy atom. The van der Waals surface area contributed by atoms with E-state index in [1.54, 1.807) is 24.3 Å². The maximum Gasteiger partial charge on any atom is 0.329 e. The molecule has 1 aliphatic heterocycles. The number of rotatable bonds is 4. The zero-order valence-electron chi connectivity index (χ0n) is 10.6. The van der Waals surface area contributed by atoms with E-state index < -0.39 is 30.7 Å². The molecule has 3 amide bonds. The van der Waals surface area contributed by atoms with Crippen LogP contribution in [0.25, 0.3) is 0 Å². The monoisotopic (exact) mass is 278 g/mol. The molecular formula is C13H14N2O5. The second-order valence-electron chi connectivity index (χ2n) is 4.28. The zero-order valence-corrected chi connectivity index (χ0v) is 10.6. The first-order valence-electron chi connectivity index (χ1n) is 6.03. The summed E-state index contributed by atoms with van der Waals surface area (Å²) in [6, 6.07) is 7.13. The summed E-state index contributed by atoms with van der Waals surface area (Å²) in [5, 5.41) is 11.1. The molecule has 1 fully saturated rings. The van der Waals surface area contributed by atoms with Gasteiger partial charge in [-0.2, -0.15) is 0 Å². The number of imide groups is 1. The van der Waals surface area contributed by atoms with Crippen LogP contribution in [0.3, 0.4) is 0 Å². The molecule has 7 nitrogen and oxygen atoms in total. The van der Waals surface area contributed by atoms with Gasteiger partial charge in [-0.3, -0.25) is 15.0 Å². The number of carbonyl (C=O) groups excluding carboxylic acids is 3. The van der Waals surface area contributed by atoms with E-state index in [-0.39, 0.29) is 13.0 Å². The van der Waals surface area contributed by atoms with Crippen molar-refractivity contribution in [1.82, 2.24) is 10.2 Å². The predicted molar refractivity (Wildman–Crippen MR) is 67.1 cm³/mol. The Bertz CT molecular complexity index is 517. The van der Waals surface area contributed by atoms with E-state index in [4.69, 9.17) is 9.84 Å². The van der Waals surface area contributed by atoms with Crippen molar-refractivity contribution in [3.8, 4) is 0 Å². The van der Waals surface area contributed by atoms with E-state index in [2.05, 4.69) is 0 Å². The van der Waals surface area contributed by atoms with Crippen LogP contribution in [0.4, 0.5) is 4.79 Å². The SMILES string of the molecule is O=C1CC(C(=O)OCc2ccccc2)N(CO)C(=O)N1. The number of nitrogens with zero attached hydrogens (tertiary/aromatic N) is 1. The number of esters is 1. The van der Waals surface area contributed by atoms with E-state index in [1.807, 2.05) is 11.4 Å². The summed E-state index contributed by atoms with van der Waals surface area (Å²) < 4.78 is 5.07. The van der Waals surface area contributed by atoms with Crippen LogP contribution in [0.5, 0.6) is 0 Å². The van der Waals surface area contributed by atoms with Gasteiger partial charge in [-0.15, -0.1) is 0 Å². The first-order chi connectivity index (χ1) is 9.61. The Morgan fingerprint density at radius 3 is 2.70 bits per heavy atom. The molecule has 2 rings (SSSR count). The van der Waals surface area contributed by atoms with Crippen molar-refractivity contribution in [3.63, 3.8) is 0 Å². The Balaban J connectivity index is 1.99. The fraction of sp³-hybridized carbons (Fsp3) is 0.308. The Morgan fingerprint density at radius 1 is 1.35 bits per heavy atom. The summed E-state index contributed by atoms with van der Waals surface area (Å²) in [5.74, 6) is -1.28. The molecule has 0 aromatic heterocycles. The standard InChI is InChI=1S/C13H14N2O5/c16-8-15-10(6-11(17)14-13(15)19)12(18)20-7-9-4-2-1-3-5-9/h1-5,10,16H,6-8H2,(H,14,17,19). The lowest BCUT2D eigenvalue weighted by molar-refractivity contribution is -0.154. The van der Waals surface area contributed by atoms with E-state index >= 15 is 0 Å². The van der Waals surface area contributed by atoms with Crippen LogP contribution < -0.4 is 5.32 Å². The van der Waals surface area contributed by atoms with Gasteiger partial charge in [0.1, 0.15) is 19.4 Å². The molecule has 0 radical (unpaired) electrons. The minimum Gasteiger partial charge on any atom is -0.459 e. The topological polar surface area (TPSA) is 95.9 Å². The van der Waals surface area contributed by atoms with Gasteiger partial charge < -0.3 is 9.84 Å². The minimum absolute atomic E-state index is 0.0469. The third kappa shape index (κ3) is 3.12. The predicted octanol–water partition coefficient (Wildman–Crippen LogP) is -0.00990. The van der Waals surface area contributed by atoms with Gasteiger partial charge in [-0.05, 0) is 5.56 Å². The lowest BCUT2D eigenvalue weighted by Gasteiger charge is -2.31.